The predicted octanol–water partition coefficient (Wildman–Crippen LogP) is 4.40. The van der Waals surface area contributed by atoms with E-state index >= 15 is 0 Å². The molecule has 2 aromatic carbocycles. The first-order valence-electron chi connectivity index (χ1n) is 11.4. The van der Waals surface area contributed by atoms with Crippen molar-refractivity contribution in [2.24, 2.45) is 0 Å². The first-order chi connectivity index (χ1) is 15.9. The minimum absolute atomic E-state index is 0.101. The Hall–Kier alpha value is -3.35. The van der Waals surface area contributed by atoms with E-state index in [9.17, 15) is 14.4 Å². The highest BCUT2D eigenvalue weighted by atomic mass is 16.5. The van der Waals surface area contributed by atoms with Gasteiger partial charge >= 0.3 is 12.1 Å². The van der Waals surface area contributed by atoms with Gasteiger partial charge in [0.15, 0.2) is 0 Å². The van der Waals surface area contributed by atoms with Crippen LogP contribution in [0.3, 0.4) is 0 Å². The summed E-state index contributed by atoms with van der Waals surface area (Å²) in [5, 5.41) is 5.25. The molecule has 0 bridgehead atoms. The van der Waals surface area contributed by atoms with Crippen molar-refractivity contribution in [2.45, 2.75) is 65.6 Å². The molecule has 0 radical (unpaired) electrons. The van der Waals surface area contributed by atoms with Gasteiger partial charge in [0.2, 0.25) is 5.91 Å². The maximum Gasteiger partial charge on any atom is 0.408 e. The number of hydrogen-bond acceptors (Lipinski definition) is 5. The van der Waals surface area contributed by atoms with E-state index in [0.29, 0.717) is 12.8 Å². The Morgan fingerprint density at radius 3 is 1.82 bits per heavy atom. The summed E-state index contributed by atoms with van der Waals surface area (Å²) in [5.41, 5.74) is 1.73. The highest BCUT2D eigenvalue weighted by Gasteiger charge is 2.27. The molecule has 180 valence electrons. The van der Waals surface area contributed by atoms with E-state index < -0.39 is 30.1 Å². The zero-order valence-corrected chi connectivity index (χ0v) is 20.0. The Morgan fingerprint density at radius 1 is 0.758 bits per heavy atom. The number of amides is 2. The number of hydrogen-bond donors (Lipinski definition) is 2. The molecule has 2 unspecified atom stereocenters. The number of carbonyl (C=O) groups is 3. The van der Waals surface area contributed by atoms with E-state index in [0.717, 1.165) is 11.1 Å². The largest absolute Gasteiger partial charge is 0.464 e. The third-order valence-electron chi connectivity index (χ3n) is 4.40. The molecule has 0 aliphatic rings. The zero-order valence-electron chi connectivity index (χ0n) is 20.0. The summed E-state index contributed by atoms with van der Waals surface area (Å²) >= 11 is 0. The molecule has 33 heavy (non-hydrogen) atoms. The van der Waals surface area contributed by atoms with Gasteiger partial charge in [0, 0.05) is 6.42 Å². The van der Waals surface area contributed by atoms with Crippen LogP contribution in [0.15, 0.2) is 60.7 Å². The molecule has 0 spiro atoms. The quantitative estimate of drug-likeness (QED) is 0.517. The van der Waals surface area contributed by atoms with Crippen LogP contribution in [0, 0.1) is 0 Å². The van der Waals surface area contributed by atoms with Gasteiger partial charge in [-0.15, -0.1) is 0 Å². The van der Waals surface area contributed by atoms with Crippen molar-refractivity contribution in [3.8, 4) is 0 Å². The molecule has 2 atom stereocenters. The van der Waals surface area contributed by atoms with Crippen LogP contribution in [0.2, 0.25) is 0 Å². The average molecular weight is 457 g/mol. The molecule has 0 aliphatic heterocycles. The predicted molar refractivity (Wildman–Crippen MR) is 129 cm³/mol. The molecule has 2 N–H and O–H groups in total. The van der Waals surface area contributed by atoms with Crippen LogP contribution >= 0.6 is 0 Å². The van der Waals surface area contributed by atoms with Gasteiger partial charge in [0.1, 0.15) is 18.7 Å². The van der Waals surface area contributed by atoms with E-state index in [4.69, 9.17) is 9.47 Å². The number of alkyl carbamates (subject to hydrolysis) is 1. The molecule has 0 saturated heterocycles. The van der Waals surface area contributed by atoms with Crippen LogP contribution in [-0.4, -0.2) is 36.7 Å². The fourth-order valence-electron chi connectivity index (χ4n) is 2.82. The molecular formula is C26H36N2O5. The van der Waals surface area contributed by atoms with E-state index in [1.54, 1.807) is 13.8 Å². The van der Waals surface area contributed by atoms with E-state index in [1.807, 2.05) is 60.7 Å². The maximum atomic E-state index is 12.7. The van der Waals surface area contributed by atoms with E-state index in [2.05, 4.69) is 24.5 Å². The molecule has 0 aliphatic carbocycles. The van der Waals surface area contributed by atoms with Crippen molar-refractivity contribution >= 4 is 18.0 Å². The topological polar surface area (TPSA) is 93.7 Å². The molecule has 2 amide bonds. The lowest BCUT2D eigenvalue weighted by molar-refractivity contribution is -0.147. The molecule has 2 rings (SSSR count). The molecule has 0 heterocycles. The Kier molecular flexibility index (Phi) is 13.7. The first-order valence-corrected chi connectivity index (χ1v) is 11.4. The van der Waals surface area contributed by atoms with Crippen LogP contribution in [0.1, 0.15) is 51.7 Å². The third kappa shape index (κ3) is 11.2. The van der Waals surface area contributed by atoms with Gasteiger partial charge in [-0.3, -0.25) is 4.79 Å². The van der Waals surface area contributed by atoms with Crippen molar-refractivity contribution in [3.63, 3.8) is 0 Å². The van der Waals surface area contributed by atoms with Crippen molar-refractivity contribution in [2.75, 3.05) is 6.61 Å². The summed E-state index contributed by atoms with van der Waals surface area (Å²) in [6.07, 6.45) is 1.18. The highest BCUT2D eigenvalue weighted by Crippen LogP contribution is 2.06. The molecule has 0 aromatic heterocycles. The SMILES string of the molecule is CCC.CCOC(=O)C(Cc1ccccc1)NC(=O)C(CC)NC(=O)OCc1ccccc1. The van der Waals surface area contributed by atoms with Crippen molar-refractivity contribution < 1.29 is 23.9 Å². The van der Waals surface area contributed by atoms with Gasteiger partial charge in [0.25, 0.3) is 0 Å². The molecule has 7 nitrogen and oxygen atoms in total. The summed E-state index contributed by atoms with van der Waals surface area (Å²) < 4.78 is 10.3. The van der Waals surface area contributed by atoms with Gasteiger partial charge in [-0.2, -0.15) is 0 Å². The van der Waals surface area contributed by atoms with Gasteiger partial charge < -0.3 is 20.1 Å². The van der Waals surface area contributed by atoms with E-state index in [1.165, 1.54) is 6.42 Å². The van der Waals surface area contributed by atoms with Crippen molar-refractivity contribution in [3.05, 3.63) is 71.8 Å². The van der Waals surface area contributed by atoms with Crippen LogP contribution < -0.4 is 10.6 Å². The number of rotatable bonds is 10. The Bertz CT molecular complexity index is 827. The lowest BCUT2D eigenvalue weighted by atomic mass is 10.1. The Labute approximate surface area is 196 Å². The van der Waals surface area contributed by atoms with Crippen LogP contribution in [0.5, 0.6) is 0 Å². The van der Waals surface area contributed by atoms with Crippen molar-refractivity contribution in [1.29, 1.82) is 0 Å². The minimum atomic E-state index is -0.851. The van der Waals surface area contributed by atoms with Crippen LogP contribution in [0.4, 0.5) is 4.79 Å². The summed E-state index contributed by atoms with van der Waals surface area (Å²) in [5.74, 6) is -0.987. The Balaban J connectivity index is 0.00000172. The normalized spacial score (nSPS) is 11.8. The highest BCUT2D eigenvalue weighted by molar-refractivity contribution is 5.89. The standard InChI is InChI=1S/C23H28N2O5.C3H8/c1-3-19(25-23(28)30-16-18-13-9-6-10-14-18)21(26)24-20(22(27)29-4-2)15-17-11-7-5-8-12-17;1-3-2/h5-14,19-20H,3-4,15-16H2,1-2H3,(H,24,26)(H,25,28);3H2,1-2H3. The van der Waals surface area contributed by atoms with Gasteiger partial charge in [-0.05, 0) is 24.5 Å². The fourth-order valence-corrected chi connectivity index (χ4v) is 2.82. The second-order valence-electron chi connectivity index (χ2n) is 7.38. The van der Waals surface area contributed by atoms with Crippen LogP contribution in [-0.2, 0) is 32.1 Å². The summed E-state index contributed by atoms with van der Waals surface area (Å²) in [4.78, 5) is 37.1. The summed E-state index contributed by atoms with van der Waals surface area (Å²) in [6, 6.07) is 16.9. The maximum absolute atomic E-state index is 12.7. The smallest absolute Gasteiger partial charge is 0.408 e. The third-order valence-corrected chi connectivity index (χ3v) is 4.40. The molecule has 2 aromatic rings. The summed E-state index contributed by atoms with van der Waals surface area (Å²) in [6.45, 7) is 8.03. The number of carbonyl (C=O) groups excluding carboxylic acids is 3. The lowest BCUT2D eigenvalue weighted by Crippen LogP contribution is -2.52. The molecular weight excluding hydrogens is 420 g/mol. The fraction of sp³-hybridized carbons (Fsp3) is 0.423. The monoisotopic (exact) mass is 456 g/mol. The number of nitrogens with one attached hydrogen (secondary N) is 2. The van der Waals surface area contributed by atoms with Crippen molar-refractivity contribution in [1.82, 2.24) is 10.6 Å². The number of ether oxygens (including phenoxy) is 2. The van der Waals surface area contributed by atoms with Gasteiger partial charge in [-0.25, -0.2) is 9.59 Å². The summed E-state index contributed by atoms with van der Waals surface area (Å²) in [7, 11) is 0. The minimum Gasteiger partial charge on any atom is -0.464 e. The lowest BCUT2D eigenvalue weighted by Gasteiger charge is -2.22. The molecule has 0 fully saturated rings. The van der Waals surface area contributed by atoms with Gasteiger partial charge in [-0.1, -0.05) is 87.9 Å². The second kappa shape index (κ2) is 16.3. The van der Waals surface area contributed by atoms with Crippen LogP contribution in [0.25, 0.3) is 0 Å². The molecule has 7 heteroatoms. The number of esters is 1. The zero-order chi connectivity index (χ0) is 24.5. The average Bonchev–Trinajstić information content (AvgIpc) is 2.82. The molecule has 0 saturated carbocycles. The van der Waals surface area contributed by atoms with Gasteiger partial charge in [0.05, 0.1) is 6.61 Å². The Morgan fingerprint density at radius 2 is 1.30 bits per heavy atom. The van der Waals surface area contributed by atoms with E-state index in [-0.39, 0.29) is 13.2 Å². The number of benzene rings is 2. The second-order valence-corrected chi connectivity index (χ2v) is 7.38. The first kappa shape index (κ1) is 27.7.